The lowest BCUT2D eigenvalue weighted by Gasteiger charge is -2.35. The third-order valence-electron chi connectivity index (χ3n) is 5.74. The van der Waals surface area contributed by atoms with Crippen molar-refractivity contribution in [1.29, 1.82) is 0 Å². The second kappa shape index (κ2) is 11.6. The second-order valence-electron chi connectivity index (χ2n) is 7.89. The summed E-state index contributed by atoms with van der Waals surface area (Å²) in [5, 5.41) is 6.83. The lowest BCUT2D eigenvalue weighted by atomic mass is 9.98. The molecule has 1 unspecified atom stereocenters. The number of likely N-dealkylation sites (tertiary alicyclic amines) is 1. The number of benzene rings is 1. The predicted molar refractivity (Wildman–Crippen MR) is 125 cm³/mol. The number of aliphatic imine (C=N–C) groups is 1. The monoisotopic (exact) mass is 392 g/mol. The van der Waals surface area contributed by atoms with Crippen LogP contribution in [0.15, 0.2) is 64.8 Å². The number of nitrogens with zero attached hydrogens (tertiary/aromatic N) is 2. The van der Waals surface area contributed by atoms with Gasteiger partial charge in [-0.15, -0.1) is 0 Å². The van der Waals surface area contributed by atoms with Crippen LogP contribution in [0.5, 0.6) is 0 Å². The van der Waals surface area contributed by atoms with E-state index in [2.05, 4.69) is 69.7 Å². The van der Waals surface area contributed by atoms with Crippen LogP contribution >= 0.6 is 0 Å². The maximum absolute atomic E-state index is 4.44. The van der Waals surface area contributed by atoms with Crippen LogP contribution in [0, 0.1) is 0 Å². The molecule has 2 aliphatic rings. The van der Waals surface area contributed by atoms with Crippen molar-refractivity contribution in [2.24, 2.45) is 4.99 Å². The fraction of sp³-hybridized carbons (Fsp3) is 0.480. The molecule has 1 aromatic carbocycles. The summed E-state index contributed by atoms with van der Waals surface area (Å²) in [6, 6.07) is 10.4. The molecule has 4 heteroatoms. The summed E-state index contributed by atoms with van der Waals surface area (Å²) < 4.78 is 0. The van der Waals surface area contributed by atoms with Gasteiger partial charge in [0.2, 0.25) is 0 Å². The Labute approximate surface area is 176 Å². The van der Waals surface area contributed by atoms with Crippen molar-refractivity contribution < 1.29 is 0 Å². The number of rotatable bonds is 10. The fourth-order valence-corrected chi connectivity index (χ4v) is 4.13. The van der Waals surface area contributed by atoms with Gasteiger partial charge in [-0.25, -0.2) is 0 Å². The largest absolute Gasteiger partial charge is 0.371 e. The molecule has 1 fully saturated rings. The van der Waals surface area contributed by atoms with Crippen LogP contribution in [0.1, 0.15) is 50.5 Å². The maximum Gasteiger partial charge on any atom is 0.145 e. The molecule has 0 amide bonds. The van der Waals surface area contributed by atoms with E-state index < -0.39 is 0 Å². The Morgan fingerprint density at radius 3 is 2.66 bits per heavy atom. The van der Waals surface area contributed by atoms with Crippen LogP contribution in [-0.4, -0.2) is 44.5 Å². The Hall–Kier alpha value is -2.33. The van der Waals surface area contributed by atoms with Gasteiger partial charge in [-0.1, -0.05) is 48.9 Å². The fourth-order valence-electron chi connectivity index (χ4n) is 4.13. The Morgan fingerprint density at radius 2 is 1.93 bits per heavy atom. The predicted octanol–water partition coefficient (Wildman–Crippen LogP) is 4.73. The first kappa shape index (κ1) is 21.4. The van der Waals surface area contributed by atoms with Crippen molar-refractivity contribution >= 4 is 12.4 Å². The number of hydrogen-bond acceptors (Lipinski definition) is 4. The summed E-state index contributed by atoms with van der Waals surface area (Å²) >= 11 is 0. The molecule has 2 N–H and O–H groups in total. The van der Waals surface area contributed by atoms with Crippen molar-refractivity contribution in [1.82, 2.24) is 15.5 Å². The van der Waals surface area contributed by atoms with E-state index >= 15 is 0 Å². The maximum atomic E-state index is 4.44. The van der Waals surface area contributed by atoms with Crippen LogP contribution in [0.4, 0.5) is 0 Å². The van der Waals surface area contributed by atoms with Crippen molar-refractivity contribution in [2.75, 3.05) is 26.7 Å². The van der Waals surface area contributed by atoms with E-state index in [1.165, 1.54) is 55.4 Å². The third kappa shape index (κ3) is 6.07. The molecule has 1 aromatic rings. The summed E-state index contributed by atoms with van der Waals surface area (Å²) in [7, 11) is 2.02. The van der Waals surface area contributed by atoms with E-state index in [4.69, 9.17) is 0 Å². The molecule has 0 spiro atoms. The van der Waals surface area contributed by atoms with E-state index in [9.17, 15) is 0 Å². The topological polar surface area (TPSA) is 39.7 Å². The van der Waals surface area contributed by atoms with E-state index in [1.54, 1.807) is 0 Å². The average Bonchev–Trinajstić information content (AvgIpc) is 2.79. The highest BCUT2D eigenvalue weighted by Crippen LogP contribution is 2.29. The highest BCUT2D eigenvalue weighted by molar-refractivity contribution is 5.69. The minimum Gasteiger partial charge on any atom is -0.371 e. The number of dihydropyridines is 1. The minimum atomic E-state index is -0.104. The first-order valence-electron chi connectivity index (χ1n) is 11.1. The van der Waals surface area contributed by atoms with Gasteiger partial charge in [0.25, 0.3) is 0 Å². The van der Waals surface area contributed by atoms with Crippen molar-refractivity contribution in [3.05, 3.63) is 65.4 Å². The standard InChI is InChI=1S/C25H36N4/c1-26-18-10-4-3-9-15-24(29-19-11-6-12-20-29)22-16-17-23(28-25(22)27-2)21-13-7-5-8-14-21/h5,7-8,13-17,25-26,28H,2-4,6,9-12,18-20H2,1H3/b24-15+. The molecule has 1 atom stereocenters. The summed E-state index contributed by atoms with van der Waals surface area (Å²) in [5.74, 6) is 0. The molecule has 2 heterocycles. The molecule has 0 radical (unpaired) electrons. The number of unbranched alkanes of at least 4 members (excludes halogenated alkanes) is 3. The highest BCUT2D eigenvalue weighted by Gasteiger charge is 2.24. The summed E-state index contributed by atoms with van der Waals surface area (Å²) in [4.78, 5) is 7.00. The van der Waals surface area contributed by atoms with Gasteiger partial charge in [-0.2, -0.15) is 0 Å². The zero-order valence-electron chi connectivity index (χ0n) is 17.9. The van der Waals surface area contributed by atoms with Gasteiger partial charge in [-0.05, 0) is 70.5 Å². The first-order chi connectivity index (χ1) is 14.3. The molecule has 3 rings (SSSR count). The molecule has 0 saturated carbocycles. The van der Waals surface area contributed by atoms with E-state index in [0.717, 1.165) is 31.8 Å². The number of allylic oxidation sites excluding steroid dienone is 3. The van der Waals surface area contributed by atoms with Crippen LogP contribution in [0.2, 0.25) is 0 Å². The lowest BCUT2D eigenvalue weighted by molar-refractivity contribution is 0.285. The quantitative estimate of drug-likeness (QED) is 0.446. The molecule has 1 saturated heterocycles. The normalized spacial score (nSPS) is 20.0. The Morgan fingerprint density at radius 1 is 1.14 bits per heavy atom. The van der Waals surface area contributed by atoms with Crippen LogP contribution in [0.3, 0.4) is 0 Å². The van der Waals surface area contributed by atoms with Gasteiger partial charge in [0, 0.05) is 30.1 Å². The van der Waals surface area contributed by atoms with Crippen molar-refractivity contribution in [3.8, 4) is 0 Å². The van der Waals surface area contributed by atoms with Crippen molar-refractivity contribution in [2.45, 2.75) is 51.1 Å². The molecule has 156 valence electrons. The zero-order chi connectivity index (χ0) is 20.3. The van der Waals surface area contributed by atoms with Gasteiger partial charge in [0.15, 0.2) is 0 Å². The number of hydrogen-bond donors (Lipinski definition) is 2. The summed E-state index contributed by atoms with van der Waals surface area (Å²) in [6.45, 7) is 7.27. The second-order valence-corrected chi connectivity index (χ2v) is 7.89. The molecular weight excluding hydrogens is 356 g/mol. The van der Waals surface area contributed by atoms with Gasteiger partial charge in [-0.3, -0.25) is 4.99 Å². The molecule has 2 aliphatic heterocycles. The van der Waals surface area contributed by atoms with Gasteiger partial charge in [0.1, 0.15) is 6.17 Å². The first-order valence-corrected chi connectivity index (χ1v) is 11.1. The highest BCUT2D eigenvalue weighted by atomic mass is 15.2. The van der Waals surface area contributed by atoms with Crippen LogP contribution in [0.25, 0.3) is 5.70 Å². The molecular formula is C25H36N4. The smallest absolute Gasteiger partial charge is 0.145 e. The van der Waals surface area contributed by atoms with Gasteiger partial charge < -0.3 is 15.5 Å². The molecule has 29 heavy (non-hydrogen) atoms. The average molecular weight is 393 g/mol. The minimum absolute atomic E-state index is 0.104. The molecule has 0 aliphatic carbocycles. The lowest BCUT2D eigenvalue weighted by Crippen LogP contribution is -2.37. The van der Waals surface area contributed by atoms with E-state index in [1.807, 2.05) is 13.1 Å². The third-order valence-corrected chi connectivity index (χ3v) is 5.74. The Bertz CT molecular complexity index is 726. The number of nitrogens with one attached hydrogen (secondary N) is 2. The van der Waals surface area contributed by atoms with E-state index in [0.29, 0.717) is 0 Å². The molecule has 0 bridgehead atoms. The summed E-state index contributed by atoms with van der Waals surface area (Å²) in [6.07, 6.45) is 15.5. The number of piperidine rings is 1. The Kier molecular flexibility index (Phi) is 8.57. The van der Waals surface area contributed by atoms with E-state index in [-0.39, 0.29) is 6.17 Å². The van der Waals surface area contributed by atoms with Crippen LogP contribution in [-0.2, 0) is 0 Å². The van der Waals surface area contributed by atoms with Gasteiger partial charge in [0.05, 0.1) is 0 Å². The molecule has 0 aromatic heterocycles. The summed E-state index contributed by atoms with van der Waals surface area (Å²) in [5.41, 5.74) is 4.89. The SMILES string of the molecule is C=NC1NC(c2ccccc2)=CC=C1/C(=C\CCCCCNC)N1CCCCC1. The van der Waals surface area contributed by atoms with Gasteiger partial charge >= 0.3 is 0 Å². The van der Waals surface area contributed by atoms with Crippen molar-refractivity contribution in [3.63, 3.8) is 0 Å². The zero-order valence-corrected chi connectivity index (χ0v) is 17.9. The molecule has 4 nitrogen and oxygen atoms in total. The Balaban J connectivity index is 1.79. The van der Waals surface area contributed by atoms with Crippen LogP contribution < -0.4 is 10.6 Å².